The van der Waals surface area contributed by atoms with Crippen molar-refractivity contribution < 1.29 is 19.2 Å². The summed E-state index contributed by atoms with van der Waals surface area (Å²) in [4.78, 5) is 49.7. The predicted molar refractivity (Wildman–Crippen MR) is 97.8 cm³/mol. The first kappa shape index (κ1) is 19.6. The SMILES string of the molecule is CC(=O)c1ccccc1NC(=O)CN1C(=O)N[C@@](C)(CCC(C)C)C1=O. The molecular formula is C19H25N3O4. The highest BCUT2D eigenvalue weighted by atomic mass is 16.2. The summed E-state index contributed by atoms with van der Waals surface area (Å²) >= 11 is 0. The molecule has 1 aliphatic rings. The summed E-state index contributed by atoms with van der Waals surface area (Å²) in [6.07, 6.45) is 1.30. The zero-order valence-electron chi connectivity index (χ0n) is 15.6. The highest BCUT2D eigenvalue weighted by Gasteiger charge is 2.47. The highest BCUT2D eigenvalue weighted by Crippen LogP contribution is 2.25. The summed E-state index contributed by atoms with van der Waals surface area (Å²) in [6.45, 7) is 6.78. The van der Waals surface area contributed by atoms with E-state index in [1.54, 1.807) is 31.2 Å². The summed E-state index contributed by atoms with van der Waals surface area (Å²) in [7, 11) is 0. The van der Waals surface area contributed by atoms with Crippen LogP contribution in [0.2, 0.25) is 0 Å². The van der Waals surface area contributed by atoms with Gasteiger partial charge in [-0.2, -0.15) is 0 Å². The maximum atomic E-state index is 12.6. The molecule has 1 atom stereocenters. The zero-order chi connectivity index (χ0) is 19.5. The third-order valence-corrected chi connectivity index (χ3v) is 4.45. The maximum Gasteiger partial charge on any atom is 0.325 e. The number of ketones is 1. The van der Waals surface area contributed by atoms with Gasteiger partial charge in [-0.3, -0.25) is 19.3 Å². The van der Waals surface area contributed by atoms with Crippen LogP contribution in [0.3, 0.4) is 0 Å². The van der Waals surface area contributed by atoms with Gasteiger partial charge in [0, 0.05) is 5.56 Å². The van der Waals surface area contributed by atoms with Gasteiger partial charge < -0.3 is 10.6 Å². The van der Waals surface area contributed by atoms with Gasteiger partial charge in [0.05, 0.1) is 5.69 Å². The van der Waals surface area contributed by atoms with E-state index in [1.807, 2.05) is 13.8 Å². The Bertz CT molecular complexity index is 744. The minimum absolute atomic E-state index is 0.183. The second-order valence-corrected chi connectivity index (χ2v) is 7.24. The molecule has 1 aliphatic heterocycles. The van der Waals surface area contributed by atoms with E-state index < -0.39 is 29.9 Å². The quantitative estimate of drug-likeness (QED) is 0.578. The third kappa shape index (κ3) is 4.28. The van der Waals surface area contributed by atoms with Crippen molar-refractivity contribution in [3.63, 3.8) is 0 Å². The molecule has 0 saturated carbocycles. The van der Waals surface area contributed by atoms with Crippen molar-refractivity contribution in [1.29, 1.82) is 0 Å². The van der Waals surface area contributed by atoms with Crippen LogP contribution in [0, 0.1) is 5.92 Å². The lowest BCUT2D eigenvalue weighted by molar-refractivity contribution is -0.133. The molecule has 2 rings (SSSR count). The highest BCUT2D eigenvalue weighted by molar-refractivity contribution is 6.10. The smallest absolute Gasteiger partial charge is 0.324 e. The van der Waals surface area contributed by atoms with Crippen molar-refractivity contribution in [1.82, 2.24) is 10.2 Å². The van der Waals surface area contributed by atoms with E-state index in [9.17, 15) is 19.2 Å². The number of anilines is 1. The summed E-state index contributed by atoms with van der Waals surface area (Å²) in [6, 6.07) is 6.03. The van der Waals surface area contributed by atoms with E-state index in [-0.39, 0.29) is 5.78 Å². The number of Topliss-reactive ketones (excluding diaryl/α,β-unsaturated/α-hetero) is 1. The lowest BCUT2D eigenvalue weighted by Gasteiger charge is -2.22. The van der Waals surface area contributed by atoms with Crippen LogP contribution >= 0.6 is 0 Å². The largest absolute Gasteiger partial charge is 0.325 e. The number of benzene rings is 1. The van der Waals surface area contributed by atoms with E-state index in [4.69, 9.17) is 0 Å². The molecule has 1 fully saturated rings. The Kier molecular flexibility index (Phi) is 5.79. The second kappa shape index (κ2) is 7.68. The number of imide groups is 1. The molecule has 0 aliphatic carbocycles. The summed E-state index contributed by atoms with van der Waals surface area (Å²) in [5.41, 5.74) is -0.252. The van der Waals surface area contributed by atoms with Crippen molar-refractivity contribution in [2.45, 2.75) is 46.1 Å². The molecule has 1 aromatic rings. The van der Waals surface area contributed by atoms with E-state index in [1.165, 1.54) is 6.92 Å². The van der Waals surface area contributed by atoms with E-state index >= 15 is 0 Å². The topological polar surface area (TPSA) is 95.6 Å². The minimum atomic E-state index is -0.987. The molecule has 7 nitrogen and oxygen atoms in total. The van der Waals surface area contributed by atoms with E-state index in [2.05, 4.69) is 10.6 Å². The molecule has 0 unspecified atom stereocenters. The number of hydrogen-bond donors (Lipinski definition) is 2. The number of hydrogen-bond acceptors (Lipinski definition) is 4. The molecule has 26 heavy (non-hydrogen) atoms. The zero-order valence-corrected chi connectivity index (χ0v) is 15.6. The number of carbonyl (C=O) groups excluding carboxylic acids is 4. The third-order valence-electron chi connectivity index (χ3n) is 4.45. The van der Waals surface area contributed by atoms with Crippen molar-refractivity contribution in [2.24, 2.45) is 5.92 Å². The van der Waals surface area contributed by atoms with Gasteiger partial charge in [0.2, 0.25) is 5.91 Å². The Labute approximate surface area is 153 Å². The summed E-state index contributed by atoms with van der Waals surface area (Å²) < 4.78 is 0. The number of nitrogens with zero attached hydrogens (tertiary/aromatic N) is 1. The van der Waals surface area contributed by atoms with Crippen molar-refractivity contribution in [2.75, 3.05) is 11.9 Å². The summed E-state index contributed by atoms with van der Waals surface area (Å²) in [5, 5.41) is 5.29. The average molecular weight is 359 g/mol. The van der Waals surface area contributed by atoms with Crippen LogP contribution in [0.5, 0.6) is 0 Å². The first-order valence-corrected chi connectivity index (χ1v) is 8.68. The van der Waals surface area contributed by atoms with Crippen LogP contribution in [0.1, 0.15) is 50.9 Å². The standard InChI is InChI=1S/C19H25N3O4/c1-12(2)9-10-19(4)17(25)22(18(26)21-19)11-16(24)20-15-8-6-5-7-14(15)13(3)23/h5-8,12H,9-11H2,1-4H3,(H,20,24)(H,21,26)/t19-/m0/s1. The Morgan fingerprint density at radius 2 is 1.88 bits per heavy atom. The first-order valence-electron chi connectivity index (χ1n) is 8.68. The number of carbonyl (C=O) groups is 4. The number of nitrogens with one attached hydrogen (secondary N) is 2. The molecule has 0 radical (unpaired) electrons. The predicted octanol–water partition coefficient (Wildman–Crippen LogP) is 2.57. The van der Waals surface area contributed by atoms with Crippen molar-refractivity contribution >= 4 is 29.3 Å². The Balaban J connectivity index is 2.06. The molecule has 2 N–H and O–H groups in total. The molecule has 1 aromatic carbocycles. The fourth-order valence-corrected chi connectivity index (χ4v) is 2.87. The Hall–Kier alpha value is -2.70. The van der Waals surface area contributed by atoms with E-state index in [0.717, 1.165) is 11.3 Å². The molecule has 140 valence electrons. The van der Waals surface area contributed by atoms with Gasteiger partial charge in [-0.1, -0.05) is 26.0 Å². The van der Waals surface area contributed by atoms with Gasteiger partial charge in [0.15, 0.2) is 5.78 Å². The van der Waals surface area contributed by atoms with Crippen LogP contribution in [-0.4, -0.2) is 40.6 Å². The van der Waals surface area contributed by atoms with Gasteiger partial charge in [0.1, 0.15) is 12.1 Å². The van der Waals surface area contributed by atoms with Crippen molar-refractivity contribution in [3.8, 4) is 0 Å². The van der Waals surface area contributed by atoms with Crippen molar-refractivity contribution in [3.05, 3.63) is 29.8 Å². The molecule has 0 spiro atoms. The van der Waals surface area contributed by atoms with Gasteiger partial charge in [-0.25, -0.2) is 4.79 Å². The van der Waals surface area contributed by atoms with Crippen LogP contribution in [0.15, 0.2) is 24.3 Å². The van der Waals surface area contributed by atoms with Gasteiger partial charge >= 0.3 is 6.03 Å². The average Bonchev–Trinajstić information content (AvgIpc) is 2.77. The Morgan fingerprint density at radius 1 is 1.23 bits per heavy atom. The van der Waals surface area contributed by atoms with Crippen LogP contribution in [0.25, 0.3) is 0 Å². The number of urea groups is 1. The minimum Gasteiger partial charge on any atom is -0.324 e. The molecule has 1 saturated heterocycles. The molecule has 0 bridgehead atoms. The van der Waals surface area contributed by atoms with Gasteiger partial charge in [-0.05, 0) is 44.7 Å². The van der Waals surface area contributed by atoms with E-state index in [0.29, 0.717) is 23.6 Å². The fourth-order valence-electron chi connectivity index (χ4n) is 2.87. The number of rotatable bonds is 7. The van der Waals surface area contributed by atoms with Gasteiger partial charge in [-0.15, -0.1) is 0 Å². The molecule has 1 heterocycles. The van der Waals surface area contributed by atoms with Crippen LogP contribution < -0.4 is 10.6 Å². The molecule has 7 heteroatoms. The lowest BCUT2D eigenvalue weighted by Crippen LogP contribution is -2.44. The maximum absolute atomic E-state index is 12.6. The van der Waals surface area contributed by atoms with Crippen LogP contribution in [-0.2, 0) is 9.59 Å². The van der Waals surface area contributed by atoms with Crippen LogP contribution in [0.4, 0.5) is 10.5 Å². The number of para-hydroxylation sites is 1. The second-order valence-electron chi connectivity index (χ2n) is 7.24. The first-order chi connectivity index (χ1) is 12.1. The normalized spacial score (nSPS) is 19.7. The monoisotopic (exact) mass is 359 g/mol. The number of amides is 4. The van der Waals surface area contributed by atoms with Gasteiger partial charge in [0.25, 0.3) is 5.91 Å². The lowest BCUT2D eigenvalue weighted by atomic mass is 9.92. The summed E-state index contributed by atoms with van der Waals surface area (Å²) in [5.74, 6) is -0.720. The fraction of sp³-hybridized carbons (Fsp3) is 0.474. The Morgan fingerprint density at radius 3 is 2.50 bits per heavy atom. The molecule has 0 aromatic heterocycles. The molecular weight excluding hydrogens is 334 g/mol. The molecule has 4 amide bonds.